The van der Waals surface area contributed by atoms with Crippen molar-refractivity contribution in [2.75, 3.05) is 52.5 Å². The Hall–Kier alpha value is -2.30. The van der Waals surface area contributed by atoms with E-state index in [1.54, 1.807) is 31.2 Å². The third-order valence-corrected chi connectivity index (χ3v) is 8.98. The topological polar surface area (TPSA) is 96.0 Å². The molecule has 0 radical (unpaired) electrons. The first-order valence-electron chi connectivity index (χ1n) is 10.3. The third kappa shape index (κ3) is 4.65. The van der Waals surface area contributed by atoms with E-state index < -0.39 is 20.0 Å². The van der Waals surface area contributed by atoms with E-state index in [1.807, 2.05) is 12.1 Å². The molecule has 0 spiro atoms. The second-order valence-electron chi connectivity index (χ2n) is 7.77. The van der Waals surface area contributed by atoms with Crippen molar-refractivity contribution >= 4 is 37.1 Å². The molecule has 2 aliphatic rings. The van der Waals surface area contributed by atoms with E-state index in [0.29, 0.717) is 56.2 Å². The molecule has 168 valence electrons. The van der Waals surface area contributed by atoms with Crippen LogP contribution in [-0.2, 0) is 24.8 Å². The number of ether oxygens (including phenoxy) is 1. The lowest BCUT2D eigenvalue weighted by molar-refractivity contribution is 0.123. The minimum atomic E-state index is -3.86. The van der Waals surface area contributed by atoms with Gasteiger partial charge in [-0.1, -0.05) is 12.1 Å². The van der Waals surface area contributed by atoms with Gasteiger partial charge in [-0.15, -0.1) is 0 Å². The second-order valence-corrected chi connectivity index (χ2v) is 11.4. The number of nitrogens with zero attached hydrogens (tertiary/aromatic N) is 2. The summed E-state index contributed by atoms with van der Waals surface area (Å²) in [6.07, 6.45) is 1.44. The van der Waals surface area contributed by atoms with E-state index in [0.717, 1.165) is 12.1 Å². The van der Waals surface area contributed by atoms with Gasteiger partial charge in [-0.3, -0.25) is 9.03 Å². The molecule has 0 atom stereocenters. The van der Waals surface area contributed by atoms with Gasteiger partial charge in [-0.25, -0.2) is 16.8 Å². The molecule has 10 heteroatoms. The quantitative estimate of drug-likeness (QED) is 0.729. The zero-order chi connectivity index (χ0) is 22.1. The number of benzene rings is 2. The number of para-hydroxylation sites is 2. The summed E-state index contributed by atoms with van der Waals surface area (Å²) >= 11 is 0. The first kappa shape index (κ1) is 21.9. The Morgan fingerprint density at radius 3 is 2.45 bits per heavy atom. The highest BCUT2D eigenvalue weighted by atomic mass is 32.2. The van der Waals surface area contributed by atoms with Crippen molar-refractivity contribution in [1.29, 1.82) is 0 Å². The van der Waals surface area contributed by atoms with Crippen molar-refractivity contribution in [2.45, 2.75) is 24.7 Å². The molecule has 2 aliphatic heterocycles. The van der Waals surface area contributed by atoms with Crippen LogP contribution < -0.4 is 13.9 Å². The molecule has 2 aromatic rings. The van der Waals surface area contributed by atoms with Crippen molar-refractivity contribution < 1.29 is 21.6 Å². The Morgan fingerprint density at radius 2 is 1.74 bits per heavy atom. The monoisotopic (exact) mass is 465 g/mol. The Bertz CT molecular complexity index is 1160. The Kier molecular flexibility index (Phi) is 6.14. The summed E-state index contributed by atoms with van der Waals surface area (Å²) in [5.74, 6) is 0.117. The molecule has 2 heterocycles. The number of nitrogens with one attached hydrogen (secondary N) is 1. The van der Waals surface area contributed by atoms with Gasteiger partial charge in [0.15, 0.2) is 0 Å². The number of anilines is 3. The van der Waals surface area contributed by atoms with Crippen molar-refractivity contribution in [2.24, 2.45) is 0 Å². The molecule has 8 nitrogen and oxygen atoms in total. The predicted molar refractivity (Wildman–Crippen MR) is 122 cm³/mol. The molecule has 0 unspecified atom stereocenters. The molecular weight excluding hydrogens is 438 g/mol. The lowest BCUT2D eigenvalue weighted by atomic mass is 10.2. The maximum Gasteiger partial charge on any atom is 0.262 e. The van der Waals surface area contributed by atoms with Crippen LogP contribution in [0.25, 0.3) is 0 Å². The van der Waals surface area contributed by atoms with Crippen molar-refractivity contribution in [3.05, 3.63) is 48.0 Å². The standard InChI is InChI=1S/C21H27N3O5S2/c1-17-16-18(24-10-4-5-15-30(24,25)26)8-9-21(17)31(27,28)22-19-6-2-3-7-20(19)23-11-13-29-14-12-23/h2-3,6-9,16,22H,4-5,10-15H2,1H3. The highest BCUT2D eigenvalue weighted by Gasteiger charge is 2.27. The highest BCUT2D eigenvalue weighted by molar-refractivity contribution is 7.93. The summed E-state index contributed by atoms with van der Waals surface area (Å²) in [4.78, 5) is 2.22. The number of morpholine rings is 1. The van der Waals surface area contributed by atoms with Gasteiger partial charge in [0.1, 0.15) is 0 Å². The van der Waals surface area contributed by atoms with Gasteiger partial charge in [0.05, 0.1) is 40.9 Å². The van der Waals surface area contributed by atoms with Crippen molar-refractivity contribution in [3.8, 4) is 0 Å². The summed E-state index contributed by atoms with van der Waals surface area (Å²) in [5, 5.41) is 0. The molecule has 0 bridgehead atoms. The van der Waals surface area contributed by atoms with E-state index >= 15 is 0 Å². The molecule has 0 saturated carbocycles. The number of aryl methyl sites for hydroxylation is 1. The van der Waals surface area contributed by atoms with E-state index in [1.165, 1.54) is 10.4 Å². The lowest BCUT2D eigenvalue weighted by Crippen LogP contribution is -2.37. The minimum Gasteiger partial charge on any atom is -0.378 e. The summed E-state index contributed by atoms with van der Waals surface area (Å²) in [7, 11) is -7.21. The normalized spacial score (nSPS) is 19.3. The van der Waals surface area contributed by atoms with Gasteiger partial charge in [0.2, 0.25) is 10.0 Å². The highest BCUT2D eigenvalue weighted by Crippen LogP contribution is 2.31. The van der Waals surface area contributed by atoms with Crippen LogP contribution in [0.5, 0.6) is 0 Å². The molecule has 0 aliphatic carbocycles. The van der Waals surface area contributed by atoms with Gasteiger partial charge < -0.3 is 9.64 Å². The minimum absolute atomic E-state index is 0.117. The smallest absolute Gasteiger partial charge is 0.262 e. The van der Waals surface area contributed by atoms with Crippen LogP contribution in [0.2, 0.25) is 0 Å². The Balaban J connectivity index is 1.61. The zero-order valence-electron chi connectivity index (χ0n) is 17.5. The molecule has 0 aromatic heterocycles. The van der Waals surface area contributed by atoms with Crippen LogP contribution in [0.3, 0.4) is 0 Å². The Morgan fingerprint density at radius 1 is 1.00 bits per heavy atom. The van der Waals surface area contributed by atoms with Crippen LogP contribution in [0.15, 0.2) is 47.4 Å². The lowest BCUT2D eigenvalue weighted by Gasteiger charge is -2.30. The fourth-order valence-electron chi connectivity index (χ4n) is 4.01. The van der Waals surface area contributed by atoms with Gasteiger partial charge in [-0.2, -0.15) is 0 Å². The number of rotatable bonds is 5. The summed E-state index contributed by atoms with van der Waals surface area (Å²) < 4.78 is 60.6. The van der Waals surface area contributed by atoms with Crippen molar-refractivity contribution in [3.63, 3.8) is 0 Å². The number of hydrogen-bond acceptors (Lipinski definition) is 6. The molecule has 1 N–H and O–H groups in total. The van der Waals surface area contributed by atoms with Crippen LogP contribution in [0.1, 0.15) is 18.4 Å². The van der Waals surface area contributed by atoms with Gasteiger partial charge in [-0.05, 0) is 55.7 Å². The van der Waals surface area contributed by atoms with E-state index in [9.17, 15) is 16.8 Å². The third-order valence-electron chi connectivity index (χ3n) is 5.59. The summed E-state index contributed by atoms with van der Waals surface area (Å²) in [5.41, 5.74) is 2.31. The maximum atomic E-state index is 13.2. The molecule has 0 amide bonds. The van der Waals surface area contributed by atoms with E-state index in [2.05, 4.69) is 9.62 Å². The van der Waals surface area contributed by atoms with Crippen LogP contribution in [-0.4, -0.2) is 55.4 Å². The zero-order valence-corrected chi connectivity index (χ0v) is 19.1. The maximum absolute atomic E-state index is 13.2. The SMILES string of the molecule is Cc1cc(N2CCCCS2(=O)=O)ccc1S(=O)(=O)Nc1ccccc1N1CCOCC1. The fourth-order valence-corrected chi connectivity index (χ4v) is 6.94. The first-order chi connectivity index (χ1) is 14.8. The molecular formula is C21H27N3O5S2. The van der Waals surface area contributed by atoms with Gasteiger partial charge in [0, 0.05) is 19.6 Å². The molecule has 2 fully saturated rings. The first-order valence-corrected chi connectivity index (χ1v) is 13.4. The van der Waals surface area contributed by atoms with Gasteiger partial charge in [0.25, 0.3) is 10.0 Å². The molecule has 31 heavy (non-hydrogen) atoms. The molecule has 4 rings (SSSR count). The average molecular weight is 466 g/mol. The molecule has 2 aromatic carbocycles. The van der Waals surface area contributed by atoms with E-state index in [4.69, 9.17) is 4.74 Å². The van der Waals surface area contributed by atoms with E-state index in [-0.39, 0.29) is 10.6 Å². The largest absolute Gasteiger partial charge is 0.378 e. The second kappa shape index (κ2) is 8.68. The van der Waals surface area contributed by atoms with Crippen molar-refractivity contribution in [1.82, 2.24) is 0 Å². The fraction of sp³-hybridized carbons (Fsp3) is 0.429. The Labute approximate surface area is 183 Å². The number of sulfonamides is 2. The molecule has 2 saturated heterocycles. The van der Waals surface area contributed by atoms with Gasteiger partial charge >= 0.3 is 0 Å². The van der Waals surface area contributed by atoms with Crippen LogP contribution in [0, 0.1) is 6.92 Å². The van der Waals surface area contributed by atoms with Crippen LogP contribution >= 0.6 is 0 Å². The predicted octanol–water partition coefficient (Wildman–Crippen LogP) is 2.56. The number of hydrogen-bond donors (Lipinski definition) is 1. The average Bonchev–Trinajstić information content (AvgIpc) is 2.74. The summed E-state index contributed by atoms with van der Waals surface area (Å²) in [6.45, 7) is 4.68. The van der Waals surface area contributed by atoms with Crippen LogP contribution in [0.4, 0.5) is 17.1 Å². The summed E-state index contributed by atoms with van der Waals surface area (Å²) in [6, 6.07) is 12.0.